The highest BCUT2D eigenvalue weighted by molar-refractivity contribution is 9.10. The number of aliphatic hydroxyl groups is 2. The number of halogens is 1. The van der Waals surface area contributed by atoms with E-state index in [1.807, 2.05) is 25.3 Å². The van der Waals surface area contributed by atoms with Gasteiger partial charge in [-0.05, 0) is 44.4 Å². The summed E-state index contributed by atoms with van der Waals surface area (Å²) in [5.41, 5.74) is 3.05. The van der Waals surface area contributed by atoms with E-state index in [0.717, 1.165) is 51.6 Å². The molecule has 25 heavy (non-hydrogen) atoms. The molecule has 6 heteroatoms. The number of fused-ring (bicyclic) bond motifs is 3. The van der Waals surface area contributed by atoms with Crippen LogP contribution in [0.25, 0.3) is 21.9 Å². The number of aryl methyl sites for hydroxylation is 1. The molecule has 136 valence electrons. The van der Waals surface area contributed by atoms with Crippen molar-refractivity contribution in [3.05, 3.63) is 34.7 Å². The summed E-state index contributed by atoms with van der Waals surface area (Å²) in [6, 6.07) is 6.14. The van der Waals surface area contributed by atoms with E-state index >= 15 is 0 Å². The third-order valence-corrected chi connectivity index (χ3v) is 4.77. The van der Waals surface area contributed by atoms with Crippen molar-refractivity contribution in [2.75, 3.05) is 13.2 Å². The molecule has 0 aliphatic heterocycles. The molecule has 5 nitrogen and oxygen atoms in total. The molecule has 1 atom stereocenters. The summed E-state index contributed by atoms with van der Waals surface area (Å²) in [5.74, 6) is 1.46. The van der Waals surface area contributed by atoms with Gasteiger partial charge >= 0.3 is 0 Å². The third kappa shape index (κ3) is 4.57. The maximum atomic E-state index is 9.25. The number of rotatable bonds is 5. The van der Waals surface area contributed by atoms with Gasteiger partial charge in [-0.2, -0.15) is 0 Å². The molecule has 1 unspecified atom stereocenters. The van der Waals surface area contributed by atoms with E-state index in [1.165, 1.54) is 0 Å². The fraction of sp³-hybridized carbons (Fsp3) is 0.474. The molecule has 3 aromatic rings. The summed E-state index contributed by atoms with van der Waals surface area (Å²) in [7, 11) is 0. The van der Waals surface area contributed by atoms with E-state index in [0.29, 0.717) is 5.92 Å². The fourth-order valence-electron chi connectivity index (χ4n) is 2.99. The van der Waals surface area contributed by atoms with Gasteiger partial charge in [0.25, 0.3) is 0 Å². The summed E-state index contributed by atoms with van der Waals surface area (Å²) in [6.45, 7) is 7.25. The Morgan fingerprint density at radius 3 is 2.56 bits per heavy atom. The summed E-state index contributed by atoms with van der Waals surface area (Å²) < 4.78 is 3.32. The SMILES string of the molecule is CCC(CCO)Cn1c(C)nc2cnc3ccc(Br)cc3c21.CCO. The minimum atomic E-state index is 0.234. The van der Waals surface area contributed by atoms with Gasteiger partial charge in [-0.1, -0.05) is 29.3 Å². The number of hydrogen-bond acceptors (Lipinski definition) is 4. The first-order valence-electron chi connectivity index (χ1n) is 8.68. The highest BCUT2D eigenvalue weighted by atomic mass is 79.9. The smallest absolute Gasteiger partial charge is 0.108 e. The Balaban J connectivity index is 0.000000701. The molecule has 2 aromatic heterocycles. The van der Waals surface area contributed by atoms with Gasteiger partial charge in [-0.3, -0.25) is 4.98 Å². The standard InChI is InChI=1S/C17H20BrN3O.C2H6O/c1-3-12(6-7-22)10-21-11(2)20-16-9-19-15-5-4-13(18)8-14(15)17(16)21;1-2-3/h4-5,8-9,12,22H,3,6-7,10H2,1-2H3;3H,2H2,1H3. The Morgan fingerprint density at radius 1 is 1.20 bits per heavy atom. The quantitative estimate of drug-likeness (QED) is 0.668. The fourth-order valence-corrected chi connectivity index (χ4v) is 3.35. The molecule has 0 aliphatic rings. The highest BCUT2D eigenvalue weighted by Gasteiger charge is 2.15. The monoisotopic (exact) mass is 407 g/mol. The van der Waals surface area contributed by atoms with Crippen molar-refractivity contribution in [3.63, 3.8) is 0 Å². The van der Waals surface area contributed by atoms with Crippen molar-refractivity contribution in [2.45, 2.75) is 40.2 Å². The molecular formula is C19H26BrN3O2. The van der Waals surface area contributed by atoms with E-state index in [1.54, 1.807) is 6.92 Å². The van der Waals surface area contributed by atoms with Crippen LogP contribution in [0, 0.1) is 12.8 Å². The van der Waals surface area contributed by atoms with E-state index in [4.69, 9.17) is 5.11 Å². The van der Waals surface area contributed by atoms with Gasteiger partial charge < -0.3 is 14.8 Å². The zero-order valence-electron chi connectivity index (χ0n) is 15.0. The van der Waals surface area contributed by atoms with Crippen LogP contribution in [0.15, 0.2) is 28.9 Å². The molecule has 3 rings (SSSR count). The van der Waals surface area contributed by atoms with Gasteiger partial charge in [0.2, 0.25) is 0 Å². The van der Waals surface area contributed by atoms with Gasteiger partial charge in [0, 0.05) is 29.6 Å². The zero-order valence-corrected chi connectivity index (χ0v) is 16.6. The molecule has 2 heterocycles. The largest absolute Gasteiger partial charge is 0.397 e. The minimum Gasteiger partial charge on any atom is -0.397 e. The van der Waals surface area contributed by atoms with Crippen molar-refractivity contribution in [1.82, 2.24) is 14.5 Å². The predicted molar refractivity (Wildman–Crippen MR) is 106 cm³/mol. The highest BCUT2D eigenvalue weighted by Crippen LogP contribution is 2.28. The molecule has 0 aliphatic carbocycles. The van der Waals surface area contributed by atoms with Crippen LogP contribution in [0.4, 0.5) is 0 Å². The van der Waals surface area contributed by atoms with Gasteiger partial charge in [-0.15, -0.1) is 0 Å². The van der Waals surface area contributed by atoms with Crippen LogP contribution in [-0.2, 0) is 6.54 Å². The first-order valence-corrected chi connectivity index (χ1v) is 9.47. The topological polar surface area (TPSA) is 71.2 Å². The molecule has 2 N–H and O–H groups in total. The molecule has 0 amide bonds. The molecule has 0 bridgehead atoms. The maximum absolute atomic E-state index is 9.25. The second kappa shape index (κ2) is 9.27. The van der Waals surface area contributed by atoms with Crippen molar-refractivity contribution in [2.24, 2.45) is 5.92 Å². The molecule has 0 saturated carbocycles. The summed E-state index contributed by atoms with van der Waals surface area (Å²) in [6.07, 6.45) is 3.72. The predicted octanol–water partition coefficient (Wildman–Crippen LogP) is 4.06. The number of pyridine rings is 1. The van der Waals surface area contributed by atoms with Gasteiger partial charge in [0.1, 0.15) is 11.3 Å². The van der Waals surface area contributed by atoms with Crippen LogP contribution in [-0.4, -0.2) is 38.0 Å². The Labute approximate surface area is 156 Å². The average Bonchev–Trinajstić information content (AvgIpc) is 2.91. The lowest BCUT2D eigenvalue weighted by Crippen LogP contribution is -2.13. The van der Waals surface area contributed by atoms with Crippen molar-refractivity contribution >= 4 is 37.9 Å². The first kappa shape index (κ1) is 19.8. The van der Waals surface area contributed by atoms with Gasteiger partial charge in [-0.25, -0.2) is 4.98 Å². The van der Waals surface area contributed by atoms with Crippen molar-refractivity contribution < 1.29 is 10.2 Å². The van der Waals surface area contributed by atoms with Crippen molar-refractivity contribution in [1.29, 1.82) is 0 Å². The Morgan fingerprint density at radius 2 is 1.92 bits per heavy atom. The number of imidazole rings is 1. The molecule has 0 spiro atoms. The first-order chi connectivity index (χ1) is 12.0. The molecule has 0 fully saturated rings. The number of aromatic nitrogens is 3. The number of benzene rings is 1. The summed E-state index contributed by atoms with van der Waals surface area (Å²) in [5, 5.41) is 17.9. The Bertz CT molecular complexity index is 832. The third-order valence-electron chi connectivity index (χ3n) is 4.28. The second-order valence-electron chi connectivity index (χ2n) is 6.03. The van der Waals surface area contributed by atoms with Crippen molar-refractivity contribution in [3.8, 4) is 0 Å². The molecular weight excluding hydrogens is 382 g/mol. The van der Waals surface area contributed by atoms with Crippen LogP contribution in [0.3, 0.4) is 0 Å². The normalized spacial score (nSPS) is 12.2. The molecule has 1 aromatic carbocycles. The van der Waals surface area contributed by atoms with Crippen LogP contribution in [0.5, 0.6) is 0 Å². The zero-order chi connectivity index (χ0) is 18.4. The minimum absolute atomic E-state index is 0.234. The van der Waals surface area contributed by atoms with Crippen LogP contribution < -0.4 is 0 Å². The maximum Gasteiger partial charge on any atom is 0.108 e. The van der Waals surface area contributed by atoms with Crippen LogP contribution in [0.2, 0.25) is 0 Å². The number of aliphatic hydroxyl groups excluding tert-OH is 2. The summed E-state index contributed by atoms with van der Waals surface area (Å²) >= 11 is 3.55. The number of hydrogen-bond donors (Lipinski definition) is 2. The van der Waals surface area contributed by atoms with Gasteiger partial charge in [0.05, 0.1) is 17.2 Å². The van der Waals surface area contributed by atoms with E-state index in [9.17, 15) is 5.11 Å². The Kier molecular flexibility index (Phi) is 7.35. The van der Waals surface area contributed by atoms with E-state index in [2.05, 4.69) is 43.5 Å². The number of nitrogens with zero attached hydrogens (tertiary/aromatic N) is 3. The van der Waals surface area contributed by atoms with Gasteiger partial charge in [0.15, 0.2) is 0 Å². The molecule has 0 saturated heterocycles. The Hall–Kier alpha value is -1.50. The lowest BCUT2D eigenvalue weighted by Gasteiger charge is -2.16. The van der Waals surface area contributed by atoms with Crippen LogP contribution >= 0.6 is 15.9 Å². The molecule has 0 radical (unpaired) electrons. The lowest BCUT2D eigenvalue weighted by atomic mass is 10.0. The lowest BCUT2D eigenvalue weighted by molar-refractivity contribution is 0.244. The van der Waals surface area contributed by atoms with Crippen LogP contribution in [0.1, 0.15) is 32.5 Å². The average molecular weight is 408 g/mol. The van der Waals surface area contributed by atoms with E-state index < -0.39 is 0 Å². The van der Waals surface area contributed by atoms with E-state index in [-0.39, 0.29) is 13.2 Å². The summed E-state index contributed by atoms with van der Waals surface area (Å²) in [4.78, 5) is 9.17. The second-order valence-corrected chi connectivity index (χ2v) is 6.94.